The average Bonchev–Trinajstić information content (AvgIpc) is 4.06. The van der Waals surface area contributed by atoms with Gasteiger partial charge in [-0.3, -0.25) is 29.2 Å². The molecule has 2 atom stereocenters. The third-order valence-corrected chi connectivity index (χ3v) is 15.8. The predicted octanol–water partition coefficient (Wildman–Crippen LogP) is 6.17. The molecule has 5 aromatic rings. The molecule has 18 heteroatoms. The molecule has 4 saturated heterocycles. The molecule has 5 aliphatic heterocycles. The molecule has 0 radical (unpaired) electrons. The molecule has 4 fully saturated rings. The number of imide groups is 1. The first-order chi connectivity index (χ1) is 32.3. The van der Waals surface area contributed by atoms with Crippen molar-refractivity contribution in [3.63, 3.8) is 0 Å². The van der Waals surface area contributed by atoms with Crippen molar-refractivity contribution in [1.29, 1.82) is 0 Å². The van der Waals surface area contributed by atoms with Gasteiger partial charge in [-0.2, -0.15) is 12.7 Å². The molecule has 3 aromatic carbocycles. The van der Waals surface area contributed by atoms with Crippen LogP contribution in [0.4, 0.5) is 20.2 Å². The summed E-state index contributed by atoms with van der Waals surface area (Å²) in [6.07, 6.45) is 6.82. The number of ether oxygens (including phenoxy) is 1. The van der Waals surface area contributed by atoms with Gasteiger partial charge in [0.25, 0.3) is 5.91 Å². The van der Waals surface area contributed by atoms with Gasteiger partial charge < -0.3 is 24.4 Å². The Morgan fingerprint density at radius 3 is 2.40 bits per heavy atom. The minimum Gasteiger partial charge on any atom is -0.494 e. The number of carbonyl (C=O) groups is 4. The number of H-pyrrole nitrogens is 1. The van der Waals surface area contributed by atoms with Crippen molar-refractivity contribution in [2.24, 2.45) is 5.92 Å². The normalized spacial score (nSPS) is 21.3. The Morgan fingerprint density at radius 2 is 1.69 bits per heavy atom. The Kier molecular flexibility index (Phi) is 12.0. The molecule has 0 bridgehead atoms. The van der Waals surface area contributed by atoms with Crippen molar-refractivity contribution < 1.29 is 41.1 Å². The summed E-state index contributed by atoms with van der Waals surface area (Å²) in [5, 5.41) is 2.83. The number of hydrogen-bond donors (Lipinski definition) is 3. The van der Waals surface area contributed by atoms with E-state index in [9.17, 15) is 32.0 Å². The average molecular weight is 935 g/mol. The van der Waals surface area contributed by atoms with E-state index in [4.69, 9.17) is 4.74 Å². The smallest absolute Gasteiger partial charge is 0.301 e. The van der Waals surface area contributed by atoms with Crippen LogP contribution in [0.15, 0.2) is 73.1 Å². The number of ketones is 1. The number of aromatic amines is 1. The second kappa shape index (κ2) is 18.1. The number of amides is 3. The molecule has 1 unspecified atom stereocenters. The van der Waals surface area contributed by atoms with Gasteiger partial charge in [-0.05, 0) is 117 Å². The summed E-state index contributed by atoms with van der Waals surface area (Å²) in [7, 11) is -2.99. The number of benzene rings is 3. The number of fused-ring (bicyclic) bond motifs is 2. The molecule has 3 N–H and O–H groups in total. The summed E-state index contributed by atoms with van der Waals surface area (Å²) in [4.78, 5) is 65.6. The molecular weight excluding hydrogens is 883 g/mol. The number of hydrogen-bond acceptors (Lipinski definition) is 10. The largest absolute Gasteiger partial charge is 0.494 e. The first-order valence-corrected chi connectivity index (χ1v) is 24.4. The highest BCUT2D eigenvalue weighted by Crippen LogP contribution is 2.38. The standard InChI is InChI=1S/C49H52F2N8O7S/c1-66-46-41(55-67(64,65)58-21-16-35(50)28-58)9-8-40(51)44(46)45(61)39-25-53-47-38(39)23-33(24-52-47)30-2-5-36(6-3-30)57-19-12-29(13-20-57)26-56-17-14-31(15-18-56)32-4-7-37-34(22-32)27-59(49(37)63)42-10-11-43(60)54-48(42)62/h2-9,22-25,29,31,35,42,55H,10-21,26-28H2,1H3,(H,52,53)(H,54,60,62)/t35-,42?/m1/s1. The zero-order chi connectivity index (χ0) is 46.6. The van der Waals surface area contributed by atoms with Gasteiger partial charge >= 0.3 is 10.2 Å². The lowest BCUT2D eigenvalue weighted by Gasteiger charge is -2.38. The number of rotatable bonds is 12. The molecule has 0 saturated carbocycles. The van der Waals surface area contributed by atoms with Crippen molar-refractivity contribution in [2.45, 2.75) is 69.6 Å². The van der Waals surface area contributed by atoms with Crippen molar-refractivity contribution in [3.05, 3.63) is 107 Å². The molecule has 0 aliphatic carbocycles. The van der Waals surface area contributed by atoms with Crippen molar-refractivity contribution in [2.75, 3.05) is 62.5 Å². The van der Waals surface area contributed by atoms with Crippen LogP contribution in [-0.2, 0) is 26.3 Å². The van der Waals surface area contributed by atoms with E-state index in [1.54, 1.807) is 11.1 Å². The van der Waals surface area contributed by atoms with Gasteiger partial charge in [0, 0.05) is 85.8 Å². The Hall–Kier alpha value is -6.24. The maximum Gasteiger partial charge on any atom is 0.301 e. The van der Waals surface area contributed by atoms with Crippen LogP contribution in [0.2, 0.25) is 0 Å². The van der Waals surface area contributed by atoms with Crippen LogP contribution >= 0.6 is 0 Å². The zero-order valence-corrected chi connectivity index (χ0v) is 37.9. The fourth-order valence-electron chi connectivity index (χ4n) is 10.6. The lowest BCUT2D eigenvalue weighted by atomic mass is 9.87. The van der Waals surface area contributed by atoms with Crippen LogP contribution in [0.5, 0.6) is 5.75 Å². The lowest BCUT2D eigenvalue weighted by Crippen LogP contribution is -2.52. The van der Waals surface area contributed by atoms with E-state index in [0.29, 0.717) is 41.4 Å². The van der Waals surface area contributed by atoms with Crippen LogP contribution in [0.3, 0.4) is 0 Å². The second-order valence-corrected chi connectivity index (χ2v) is 20.0. The number of piperidine rings is 3. The van der Waals surface area contributed by atoms with Crippen LogP contribution in [-0.4, -0.2) is 121 Å². The maximum atomic E-state index is 15.5. The highest BCUT2D eigenvalue weighted by Gasteiger charge is 2.40. The van der Waals surface area contributed by atoms with Gasteiger partial charge in [0.05, 0.1) is 12.8 Å². The number of nitrogens with one attached hydrogen (secondary N) is 3. The molecule has 7 heterocycles. The van der Waals surface area contributed by atoms with Crippen LogP contribution in [0, 0.1) is 11.7 Å². The third-order valence-electron chi connectivity index (χ3n) is 14.3. The third kappa shape index (κ3) is 8.77. The Labute approximate surface area is 387 Å². The molecule has 10 rings (SSSR count). The molecular formula is C49H52F2N8O7S. The number of halogens is 2. The number of likely N-dealkylation sites (tertiary alicyclic amines) is 1. The summed E-state index contributed by atoms with van der Waals surface area (Å²) in [6, 6.07) is 17.8. The fraction of sp³-hybridized carbons (Fsp3) is 0.408. The number of methoxy groups -OCH3 is 1. The molecule has 3 amide bonds. The molecule has 2 aromatic heterocycles. The Balaban J connectivity index is 0.736. The van der Waals surface area contributed by atoms with Gasteiger partial charge in [0.1, 0.15) is 29.2 Å². The summed E-state index contributed by atoms with van der Waals surface area (Å²) in [6.45, 7) is 5.10. The summed E-state index contributed by atoms with van der Waals surface area (Å²) >= 11 is 0. The minimum absolute atomic E-state index is 0.00871. The Bertz CT molecular complexity index is 2880. The zero-order valence-electron chi connectivity index (χ0n) is 37.1. The number of anilines is 2. The first-order valence-electron chi connectivity index (χ1n) is 23.0. The van der Waals surface area contributed by atoms with E-state index in [1.807, 2.05) is 24.3 Å². The van der Waals surface area contributed by atoms with E-state index in [0.717, 1.165) is 91.2 Å². The summed E-state index contributed by atoms with van der Waals surface area (Å²) < 4.78 is 64.1. The number of carbonyl (C=O) groups excluding carboxylic acids is 4. The van der Waals surface area contributed by atoms with Crippen LogP contribution in [0.25, 0.3) is 22.2 Å². The second-order valence-electron chi connectivity index (χ2n) is 18.4. The van der Waals surface area contributed by atoms with E-state index < -0.39 is 45.5 Å². The van der Waals surface area contributed by atoms with Crippen LogP contribution < -0.4 is 19.7 Å². The lowest BCUT2D eigenvalue weighted by molar-refractivity contribution is -0.136. The van der Waals surface area contributed by atoms with E-state index in [2.05, 4.69) is 54.1 Å². The monoisotopic (exact) mass is 934 g/mol. The molecule has 0 spiro atoms. The molecule has 67 heavy (non-hydrogen) atoms. The van der Waals surface area contributed by atoms with Gasteiger partial charge in [0.2, 0.25) is 17.6 Å². The molecule has 5 aliphatic rings. The topological polar surface area (TPSA) is 177 Å². The van der Waals surface area contributed by atoms with E-state index in [-0.39, 0.29) is 54.7 Å². The highest BCUT2D eigenvalue weighted by molar-refractivity contribution is 7.90. The summed E-state index contributed by atoms with van der Waals surface area (Å²) in [5.41, 5.74) is 5.57. The van der Waals surface area contributed by atoms with Crippen molar-refractivity contribution >= 4 is 56.1 Å². The quantitative estimate of drug-likeness (QED) is 0.0970. The SMILES string of the molecule is COc1c(NS(=O)(=O)N2CC[C@@H](F)C2)ccc(F)c1C(=O)c1c[nH]c2ncc(-c3ccc(N4CCC(CN5CCC(c6ccc7c(c6)CN(C6CCC(=O)NC6=O)C7=O)CC5)CC4)cc3)cc12. The van der Waals surface area contributed by atoms with Gasteiger partial charge in [-0.15, -0.1) is 0 Å². The molecule has 15 nitrogen and oxygen atoms in total. The predicted molar refractivity (Wildman–Crippen MR) is 247 cm³/mol. The number of pyridine rings is 1. The summed E-state index contributed by atoms with van der Waals surface area (Å²) in [5.74, 6) is -1.72. The van der Waals surface area contributed by atoms with Gasteiger partial charge in [-0.25, -0.2) is 13.8 Å². The first kappa shape index (κ1) is 44.6. The van der Waals surface area contributed by atoms with E-state index >= 15 is 4.39 Å². The van der Waals surface area contributed by atoms with Crippen molar-refractivity contribution in [3.8, 4) is 16.9 Å². The highest BCUT2D eigenvalue weighted by atomic mass is 32.2. The Morgan fingerprint density at radius 1 is 0.910 bits per heavy atom. The molecule has 350 valence electrons. The fourth-order valence-corrected chi connectivity index (χ4v) is 11.8. The number of alkyl halides is 1. The van der Waals surface area contributed by atoms with E-state index in [1.165, 1.54) is 24.9 Å². The van der Waals surface area contributed by atoms with Gasteiger partial charge in [0.15, 0.2) is 5.75 Å². The number of aromatic nitrogens is 2. The van der Waals surface area contributed by atoms with Crippen LogP contribution in [0.1, 0.15) is 88.3 Å². The maximum absolute atomic E-state index is 15.5. The minimum atomic E-state index is -4.20. The van der Waals surface area contributed by atoms with Crippen molar-refractivity contribution in [1.82, 2.24) is 29.4 Å². The van der Waals surface area contributed by atoms with Gasteiger partial charge in [-0.1, -0.05) is 24.3 Å². The number of nitrogens with zero attached hydrogens (tertiary/aromatic N) is 5.